The van der Waals surface area contributed by atoms with Crippen molar-refractivity contribution in [2.75, 3.05) is 0 Å². The molecule has 1 aromatic rings. The largest absolute Gasteiger partial charge is 0.573 e. The number of hydrogen-bond donors (Lipinski definition) is 3. The lowest BCUT2D eigenvalue weighted by Crippen LogP contribution is -2.47. The molecule has 2 atom stereocenters. The Morgan fingerprint density at radius 3 is 2.47 bits per heavy atom. The summed E-state index contributed by atoms with van der Waals surface area (Å²) in [6.45, 7) is 0.140. The van der Waals surface area contributed by atoms with Crippen LogP contribution in [0.1, 0.15) is 63.4 Å². The molecular formula is C23H32F3N3O3. The smallest absolute Gasteiger partial charge is 0.406 e. The molecule has 32 heavy (non-hydrogen) atoms. The number of halogens is 3. The Hall–Kier alpha value is -2.29. The fourth-order valence-electron chi connectivity index (χ4n) is 4.69. The van der Waals surface area contributed by atoms with Crippen molar-refractivity contribution in [3.8, 4) is 5.75 Å². The molecule has 6 nitrogen and oxygen atoms in total. The van der Waals surface area contributed by atoms with Crippen molar-refractivity contribution in [1.29, 1.82) is 0 Å². The highest BCUT2D eigenvalue weighted by atomic mass is 19.4. The molecule has 0 heterocycles. The van der Waals surface area contributed by atoms with Crippen LogP contribution in [-0.2, 0) is 16.1 Å². The van der Waals surface area contributed by atoms with Crippen LogP contribution < -0.4 is 21.1 Å². The second-order valence-electron chi connectivity index (χ2n) is 8.96. The molecule has 2 saturated carbocycles. The summed E-state index contributed by atoms with van der Waals surface area (Å²) in [6.07, 6.45) is 2.89. The Morgan fingerprint density at radius 1 is 1.06 bits per heavy atom. The number of ether oxygens (including phenoxy) is 1. The van der Waals surface area contributed by atoms with Gasteiger partial charge in [0, 0.05) is 25.0 Å². The molecule has 2 amide bonds. The molecule has 0 saturated heterocycles. The number of alkyl halides is 3. The summed E-state index contributed by atoms with van der Waals surface area (Å²) in [6, 6.07) is 5.66. The van der Waals surface area contributed by atoms with Gasteiger partial charge in [-0.15, -0.1) is 13.2 Å². The second-order valence-corrected chi connectivity index (χ2v) is 8.96. The van der Waals surface area contributed by atoms with Gasteiger partial charge in [-0.05, 0) is 62.1 Å². The number of benzene rings is 1. The molecule has 9 heteroatoms. The van der Waals surface area contributed by atoms with E-state index in [9.17, 15) is 22.8 Å². The number of nitrogens with one attached hydrogen (secondary N) is 2. The van der Waals surface area contributed by atoms with Gasteiger partial charge in [-0.2, -0.15) is 0 Å². The highest BCUT2D eigenvalue weighted by molar-refractivity contribution is 5.79. The maximum atomic E-state index is 12.5. The molecule has 0 spiro atoms. The van der Waals surface area contributed by atoms with Crippen LogP contribution in [-0.4, -0.2) is 30.3 Å². The first-order valence-electron chi connectivity index (χ1n) is 11.4. The minimum Gasteiger partial charge on any atom is -0.406 e. The summed E-state index contributed by atoms with van der Waals surface area (Å²) in [7, 11) is 0. The fraction of sp³-hybridized carbons (Fsp3) is 0.652. The zero-order valence-corrected chi connectivity index (χ0v) is 18.1. The van der Waals surface area contributed by atoms with Crippen LogP contribution in [0.3, 0.4) is 0 Å². The number of hydrogen-bond acceptors (Lipinski definition) is 4. The average molecular weight is 456 g/mol. The van der Waals surface area contributed by atoms with E-state index in [0.717, 1.165) is 51.4 Å². The van der Waals surface area contributed by atoms with Gasteiger partial charge in [-0.1, -0.05) is 25.0 Å². The molecule has 178 valence electrons. The van der Waals surface area contributed by atoms with Gasteiger partial charge >= 0.3 is 6.36 Å². The maximum absolute atomic E-state index is 12.5. The minimum absolute atomic E-state index is 0.0514. The number of carbonyl (C=O) groups excluding carboxylic acids is 2. The number of nitrogens with two attached hydrogens (primary N) is 1. The summed E-state index contributed by atoms with van der Waals surface area (Å²) in [4.78, 5) is 24.8. The molecule has 1 aromatic carbocycles. The van der Waals surface area contributed by atoms with Crippen molar-refractivity contribution in [3.05, 3.63) is 29.8 Å². The minimum atomic E-state index is -4.75. The van der Waals surface area contributed by atoms with Crippen LogP contribution in [0.25, 0.3) is 0 Å². The van der Waals surface area contributed by atoms with E-state index in [4.69, 9.17) is 5.73 Å². The van der Waals surface area contributed by atoms with Crippen LogP contribution in [0.5, 0.6) is 5.75 Å². The van der Waals surface area contributed by atoms with Gasteiger partial charge < -0.3 is 21.1 Å². The van der Waals surface area contributed by atoms with Crippen molar-refractivity contribution in [2.45, 2.75) is 82.8 Å². The SMILES string of the molecule is N[C@H]1CCCC[C@@H]1C(=O)NC1CCC(CC(=O)NCc2cccc(OC(F)(F)F)c2)CC1. The summed E-state index contributed by atoms with van der Waals surface area (Å²) in [5, 5.41) is 5.92. The Morgan fingerprint density at radius 2 is 1.78 bits per heavy atom. The van der Waals surface area contributed by atoms with Gasteiger partial charge in [-0.25, -0.2) is 0 Å². The van der Waals surface area contributed by atoms with Crippen LogP contribution in [0.2, 0.25) is 0 Å². The van der Waals surface area contributed by atoms with Gasteiger partial charge in [0.2, 0.25) is 11.8 Å². The molecule has 0 aliphatic heterocycles. The van der Waals surface area contributed by atoms with Crippen molar-refractivity contribution in [3.63, 3.8) is 0 Å². The molecule has 2 fully saturated rings. The van der Waals surface area contributed by atoms with Crippen molar-refractivity contribution < 1.29 is 27.5 Å². The Balaban J connectivity index is 1.36. The summed E-state index contributed by atoms with van der Waals surface area (Å²) >= 11 is 0. The third kappa shape index (κ3) is 7.69. The predicted molar refractivity (Wildman–Crippen MR) is 113 cm³/mol. The number of carbonyl (C=O) groups is 2. The van der Waals surface area contributed by atoms with Crippen molar-refractivity contribution in [2.24, 2.45) is 17.6 Å². The van der Waals surface area contributed by atoms with Gasteiger partial charge in [0.05, 0.1) is 5.92 Å². The highest BCUT2D eigenvalue weighted by Crippen LogP contribution is 2.29. The molecule has 0 aromatic heterocycles. The summed E-state index contributed by atoms with van der Waals surface area (Å²) in [5.41, 5.74) is 6.64. The molecule has 0 bridgehead atoms. The topological polar surface area (TPSA) is 93.5 Å². The second kappa shape index (κ2) is 11.0. The van der Waals surface area contributed by atoms with E-state index >= 15 is 0 Å². The van der Waals surface area contributed by atoms with Crippen LogP contribution >= 0.6 is 0 Å². The van der Waals surface area contributed by atoms with Crippen LogP contribution in [0.4, 0.5) is 13.2 Å². The Bertz CT molecular complexity index is 779. The number of rotatable bonds is 7. The van der Waals surface area contributed by atoms with E-state index in [0.29, 0.717) is 12.0 Å². The third-order valence-electron chi connectivity index (χ3n) is 6.45. The third-order valence-corrected chi connectivity index (χ3v) is 6.45. The monoisotopic (exact) mass is 455 g/mol. The van der Waals surface area contributed by atoms with E-state index in [1.165, 1.54) is 18.2 Å². The molecule has 2 aliphatic carbocycles. The van der Waals surface area contributed by atoms with E-state index < -0.39 is 6.36 Å². The quantitative estimate of drug-likeness (QED) is 0.583. The summed E-state index contributed by atoms with van der Waals surface area (Å²) < 4.78 is 40.9. The van der Waals surface area contributed by atoms with Gasteiger partial charge in [0.25, 0.3) is 0 Å². The Labute approximate surface area is 186 Å². The first-order chi connectivity index (χ1) is 15.2. The first kappa shape index (κ1) is 24.4. The first-order valence-corrected chi connectivity index (χ1v) is 11.4. The van der Waals surface area contributed by atoms with E-state index in [-0.39, 0.29) is 48.0 Å². The van der Waals surface area contributed by atoms with Gasteiger partial charge in [0.1, 0.15) is 5.75 Å². The van der Waals surface area contributed by atoms with E-state index in [2.05, 4.69) is 15.4 Å². The average Bonchev–Trinajstić information content (AvgIpc) is 2.73. The molecule has 0 unspecified atom stereocenters. The van der Waals surface area contributed by atoms with Crippen LogP contribution in [0, 0.1) is 11.8 Å². The zero-order chi connectivity index (χ0) is 23.1. The molecule has 2 aliphatic rings. The molecular weight excluding hydrogens is 423 g/mol. The molecule has 0 radical (unpaired) electrons. The van der Waals surface area contributed by atoms with Gasteiger partial charge in [0.15, 0.2) is 0 Å². The van der Waals surface area contributed by atoms with Crippen molar-refractivity contribution in [1.82, 2.24) is 10.6 Å². The predicted octanol–water partition coefficient (Wildman–Crippen LogP) is 3.78. The summed E-state index contributed by atoms with van der Waals surface area (Å²) in [5.74, 6) is -0.228. The normalized spacial score (nSPS) is 26.2. The maximum Gasteiger partial charge on any atom is 0.573 e. The number of amides is 2. The molecule has 3 rings (SSSR count). The van der Waals surface area contributed by atoms with Gasteiger partial charge in [-0.3, -0.25) is 9.59 Å². The lowest BCUT2D eigenvalue weighted by molar-refractivity contribution is -0.274. The lowest BCUT2D eigenvalue weighted by Gasteiger charge is -2.32. The standard InChI is InChI=1S/C23H32F3N3O3/c24-23(25,26)32-18-5-3-4-16(12-18)14-28-21(30)13-15-8-10-17(11-9-15)29-22(31)19-6-1-2-7-20(19)27/h3-5,12,15,17,19-20H,1-2,6-11,13-14,27H2,(H,28,30)(H,29,31)/t15?,17?,19-,20-/m0/s1. The highest BCUT2D eigenvalue weighted by Gasteiger charge is 2.32. The lowest BCUT2D eigenvalue weighted by atomic mass is 9.82. The van der Waals surface area contributed by atoms with E-state index in [1.807, 2.05) is 0 Å². The van der Waals surface area contributed by atoms with Crippen LogP contribution in [0.15, 0.2) is 24.3 Å². The van der Waals surface area contributed by atoms with E-state index in [1.54, 1.807) is 6.07 Å². The zero-order valence-electron chi connectivity index (χ0n) is 18.1. The molecule has 4 N–H and O–H groups in total. The fourth-order valence-corrected chi connectivity index (χ4v) is 4.69. The Kier molecular flexibility index (Phi) is 8.39. The van der Waals surface area contributed by atoms with Crippen molar-refractivity contribution >= 4 is 11.8 Å².